The number of esters is 1. The van der Waals surface area contributed by atoms with Crippen LogP contribution in [-0.4, -0.2) is 12.3 Å². The first-order valence-corrected chi connectivity index (χ1v) is 6.21. The van der Waals surface area contributed by atoms with E-state index in [0.29, 0.717) is 23.2 Å². The highest BCUT2D eigenvalue weighted by atomic mass is 16.5. The third-order valence-electron chi connectivity index (χ3n) is 2.84. The van der Waals surface area contributed by atoms with Crippen molar-refractivity contribution in [2.45, 2.75) is 6.92 Å². The molecule has 0 atom stereocenters. The van der Waals surface area contributed by atoms with Crippen molar-refractivity contribution in [1.82, 2.24) is 0 Å². The third kappa shape index (κ3) is 3.20. The van der Waals surface area contributed by atoms with Crippen LogP contribution in [0.1, 0.15) is 21.5 Å². The summed E-state index contributed by atoms with van der Waals surface area (Å²) in [6, 6.07) is 14.3. The van der Waals surface area contributed by atoms with Crippen molar-refractivity contribution in [3.8, 4) is 5.75 Å². The Labute approximate surface area is 117 Å². The zero-order chi connectivity index (χ0) is 14.4. The molecule has 0 spiro atoms. The summed E-state index contributed by atoms with van der Waals surface area (Å²) in [7, 11) is 0. The predicted octanol–water partition coefficient (Wildman–Crippen LogP) is 3.43. The topological polar surface area (TPSA) is 43.4 Å². The first-order valence-electron chi connectivity index (χ1n) is 6.21. The van der Waals surface area contributed by atoms with Crippen molar-refractivity contribution >= 4 is 18.3 Å². The highest BCUT2D eigenvalue weighted by Crippen LogP contribution is 2.21. The van der Waals surface area contributed by atoms with Crippen molar-refractivity contribution < 1.29 is 14.3 Å². The van der Waals surface area contributed by atoms with Crippen molar-refractivity contribution in [2.24, 2.45) is 0 Å². The van der Waals surface area contributed by atoms with Gasteiger partial charge in [0.1, 0.15) is 12.0 Å². The van der Waals surface area contributed by atoms with Gasteiger partial charge in [0.05, 0.1) is 5.56 Å². The monoisotopic (exact) mass is 266 g/mol. The van der Waals surface area contributed by atoms with Gasteiger partial charge < -0.3 is 4.74 Å². The number of hydrogen-bond donors (Lipinski definition) is 0. The molecule has 0 radical (unpaired) electrons. The molecule has 0 aliphatic rings. The molecule has 0 amide bonds. The van der Waals surface area contributed by atoms with Gasteiger partial charge >= 0.3 is 5.97 Å². The number of hydrogen-bond acceptors (Lipinski definition) is 3. The third-order valence-corrected chi connectivity index (χ3v) is 2.84. The van der Waals surface area contributed by atoms with Gasteiger partial charge in [-0.2, -0.15) is 0 Å². The van der Waals surface area contributed by atoms with Gasteiger partial charge in [0.15, 0.2) is 0 Å². The Balaban J connectivity index is 2.26. The second-order valence-corrected chi connectivity index (χ2v) is 4.24. The Bertz CT molecular complexity index is 657. The van der Waals surface area contributed by atoms with Crippen LogP contribution >= 0.6 is 0 Å². The van der Waals surface area contributed by atoms with E-state index >= 15 is 0 Å². The molecular weight excluding hydrogens is 252 g/mol. The van der Waals surface area contributed by atoms with Crippen LogP contribution in [0.15, 0.2) is 54.6 Å². The van der Waals surface area contributed by atoms with E-state index in [4.69, 9.17) is 4.74 Å². The summed E-state index contributed by atoms with van der Waals surface area (Å²) in [4.78, 5) is 22.5. The van der Waals surface area contributed by atoms with Gasteiger partial charge in [-0.15, -0.1) is 0 Å². The largest absolute Gasteiger partial charge is 0.422 e. The van der Waals surface area contributed by atoms with Gasteiger partial charge in [-0.05, 0) is 36.8 Å². The fraction of sp³-hybridized carbons (Fsp3) is 0.0588. The Hall–Kier alpha value is -2.68. The van der Waals surface area contributed by atoms with Crippen molar-refractivity contribution in [3.05, 3.63) is 71.3 Å². The minimum atomic E-state index is -0.407. The van der Waals surface area contributed by atoms with Gasteiger partial charge in [0.25, 0.3) is 0 Å². The molecule has 0 aliphatic heterocycles. The number of allylic oxidation sites excluding steroid dienone is 1. The van der Waals surface area contributed by atoms with Gasteiger partial charge in [-0.3, -0.25) is 4.79 Å². The molecule has 0 unspecified atom stereocenters. The van der Waals surface area contributed by atoms with Crippen LogP contribution in [0, 0.1) is 6.92 Å². The summed E-state index contributed by atoms with van der Waals surface area (Å²) in [6.45, 7) is 1.86. The van der Waals surface area contributed by atoms with E-state index in [2.05, 4.69) is 0 Å². The first-order chi connectivity index (χ1) is 9.72. The van der Waals surface area contributed by atoms with E-state index < -0.39 is 5.97 Å². The van der Waals surface area contributed by atoms with Crippen LogP contribution in [0.4, 0.5) is 0 Å². The van der Waals surface area contributed by atoms with E-state index in [-0.39, 0.29) is 0 Å². The first kappa shape index (κ1) is 13.7. The van der Waals surface area contributed by atoms with Gasteiger partial charge in [-0.25, -0.2) is 4.79 Å². The van der Waals surface area contributed by atoms with E-state index in [9.17, 15) is 9.59 Å². The molecule has 2 aromatic rings. The van der Waals surface area contributed by atoms with Crippen LogP contribution in [0.3, 0.4) is 0 Å². The number of ether oxygens (including phenoxy) is 1. The zero-order valence-corrected chi connectivity index (χ0v) is 11.1. The average molecular weight is 266 g/mol. The molecular formula is C17H14O3. The number of rotatable bonds is 4. The molecule has 3 heteroatoms. The molecule has 0 N–H and O–H groups in total. The molecule has 2 rings (SSSR count). The fourth-order valence-electron chi connectivity index (χ4n) is 1.81. The maximum Gasteiger partial charge on any atom is 0.343 e. The normalized spacial score (nSPS) is 10.4. The number of carbonyl (C=O) groups excluding carboxylic acids is 2. The minimum Gasteiger partial charge on any atom is -0.422 e. The SMILES string of the molecule is Cc1ccccc1C(=O)Oc1ccccc1/C=C/C=O. The molecule has 0 saturated carbocycles. The van der Waals surface area contributed by atoms with Crippen LogP contribution in [0.2, 0.25) is 0 Å². The number of carbonyl (C=O) groups is 2. The molecule has 0 fully saturated rings. The number of aryl methyl sites for hydroxylation is 1. The quantitative estimate of drug-likeness (QED) is 0.368. The molecule has 0 aliphatic carbocycles. The second kappa shape index (κ2) is 6.48. The van der Waals surface area contributed by atoms with Crippen LogP contribution < -0.4 is 4.74 Å². The summed E-state index contributed by atoms with van der Waals surface area (Å²) in [6.07, 6.45) is 3.65. The number of para-hydroxylation sites is 1. The average Bonchev–Trinajstić information content (AvgIpc) is 2.46. The van der Waals surface area contributed by atoms with E-state index in [1.54, 1.807) is 36.4 Å². The summed E-state index contributed by atoms with van der Waals surface area (Å²) >= 11 is 0. The lowest BCUT2D eigenvalue weighted by molar-refractivity contribution is -0.104. The minimum absolute atomic E-state index is 0.407. The highest BCUT2D eigenvalue weighted by molar-refractivity contribution is 5.93. The van der Waals surface area contributed by atoms with Crippen LogP contribution in [0.5, 0.6) is 5.75 Å². The molecule has 0 aromatic heterocycles. The second-order valence-electron chi connectivity index (χ2n) is 4.24. The maximum absolute atomic E-state index is 12.1. The summed E-state index contributed by atoms with van der Waals surface area (Å²) in [5, 5.41) is 0. The van der Waals surface area contributed by atoms with Crippen molar-refractivity contribution in [2.75, 3.05) is 0 Å². The Kier molecular flexibility index (Phi) is 4.45. The van der Waals surface area contributed by atoms with Crippen LogP contribution in [0.25, 0.3) is 6.08 Å². The maximum atomic E-state index is 12.1. The Morgan fingerprint density at radius 2 is 1.75 bits per heavy atom. The summed E-state index contributed by atoms with van der Waals surface area (Å²) < 4.78 is 5.40. The highest BCUT2D eigenvalue weighted by Gasteiger charge is 2.12. The Morgan fingerprint density at radius 1 is 1.05 bits per heavy atom. The molecule has 20 heavy (non-hydrogen) atoms. The van der Waals surface area contributed by atoms with Gasteiger partial charge in [0, 0.05) is 5.56 Å². The van der Waals surface area contributed by atoms with Crippen molar-refractivity contribution in [1.29, 1.82) is 0 Å². The summed E-state index contributed by atoms with van der Waals surface area (Å²) in [5.74, 6) is 0.0221. The molecule has 0 heterocycles. The molecule has 100 valence electrons. The predicted molar refractivity (Wildman–Crippen MR) is 77.7 cm³/mol. The lowest BCUT2D eigenvalue weighted by Crippen LogP contribution is -2.10. The van der Waals surface area contributed by atoms with Crippen molar-refractivity contribution in [3.63, 3.8) is 0 Å². The molecule has 0 bridgehead atoms. The smallest absolute Gasteiger partial charge is 0.343 e. The zero-order valence-electron chi connectivity index (χ0n) is 11.1. The van der Waals surface area contributed by atoms with Gasteiger partial charge in [0.2, 0.25) is 0 Å². The summed E-state index contributed by atoms with van der Waals surface area (Å²) in [5.41, 5.74) is 2.07. The number of aldehydes is 1. The molecule has 2 aromatic carbocycles. The lowest BCUT2D eigenvalue weighted by atomic mass is 10.1. The van der Waals surface area contributed by atoms with Crippen LogP contribution in [-0.2, 0) is 4.79 Å². The molecule has 3 nitrogen and oxygen atoms in total. The standard InChI is InChI=1S/C17H14O3/c1-13-7-2-4-10-15(13)17(19)20-16-11-5-3-8-14(16)9-6-12-18/h2-12H,1H3/b9-6+. The fourth-order valence-corrected chi connectivity index (χ4v) is 1.81. The lowest BCUT2D eigenvalue weighted by Gasteiger charge is -2.08. The molecule has 0 saturated heterocycles. The van der Waals surface area contributed by atoms with E-state index in [1.165, 1.54) is 6.08 Å². The van der Waals surface area contributed by atoms with Gasteiger partial charge in [-0.1, -0.05) is 36.4 Å². The number of benzene rings is 2. The van der Waals surface area contributed by atoms with E-state index in [1.807, 2.05) is 25.1 Å². The van der Waals surface area contributed by atoms with E-state index in [0.717, 1.165) is 5.56 Å². The Morgan fingerprint density at radius 3 is 2.50 bits per heavy atom.